The quantitative estimate of drug-likeness (QED) is 0.335. The lowest BCUT2D eigenvalue weighted by Crippen LogP contribution is -2.42. The third-order valence-corrected chi connectivity index (χ3v) is 5.27. The van der Waals surface area contributed by atoms with Crippen LogP contribution >= 0.6 is 0 Å². The summed E-state index contributed by atoms with van der Waals surface area (Å²) < 4.78 is 37.6. The van der Waals surface area contributed by atoms with Crippen LogP contribution in [0.15, 0.2) is 55.1 Å². The van der Waals surface area contributed by atoms with E-state index in [1.165, 1.54) is 24.5 Å². The van der Waals surface area contributed by atoms with Gasteiger partial charge in [0.05, 0.1) is 18.3 Å². The summed E-state index contributed by atoms with van der Waals surface area (Å²) in [5.74, 6) is 0.176. The maximum Gasteiger partial charge on any atom is 0.413 e. The van der Waals surface area contributed by atoms with Gasteiger partial charge in [-0.15, -0.1) is 0 Å². The monoisotopic (exact) mass is 507 g/mol. The van der Waals surface area contributed by atoms with E-state index in [1.807, 2.05) is 32.9 Å². The fourth-order valence-corrected chi connectivity index (χ4v) is 3.80. The lowest BCUT2D eigenvalue weighted by atomic mass is 10.1. The summed E-state index contributed by atoms with van der Waals surface area (Å²) in [5.41, 5.74) is 2.57. The highest BCUT2D eigenvalue weighted by molar-refractivity contribution is 5.94. The van der Waals surface area contributed by atoms with E-state index in [0.717, 1.165) is 5.56 Å². The molecule has 0 atom stereocenters. The fraction of sp³-hybridized carbons (Fsp3) is 0.240. The van der Waals surface area contributed by atoms with Crippen molar-refractivity contribution in [2.24, 2.45) is 0 Å². The van der Waals surface area contributed by atoms with Gasteiger partial charge >= 0.3 is 12.7 Å². The number of pyridine rings is 1. The Morgan fingerprint density at radius 1 is 1.22 bits per heavy atom. The van der Waals surface area contributed by atoms with Gasteiger partial charge in [-0.1, -0.05) is 6.07 Å². The molecule has 5 rings (SSSR count). The van der Waals surface area contributed by atoms with Gasteiger partial charge in [0.1, 0.15) is 17.1 Å². The predicted molar refractivity (Wildman–Crippen MR) is 131 cm³/mol. The SMILES string of the molecule is CC(C)(C)NC(=O)Oc1c[nH]c2ncc(-c3nn(Cc4cccnc4)c4ccc(OC(F)F)cc34)nc12. The van der Waals surface area contributed by atoms with E-state index in [2.05, 4.69) is 30.0 Å². The number of hydrogen-bond donors (Lipinski definition) is 2. The molecule has 1 amide bonds. The van der Waals surface area contributed by atoms with Gasteiger partial charge < -0.3 is 19.8 Å². The molecule has 0 spiro atoms. The first-order valence-electron chi connectivity index (χ1n) is 11.3. The van der Waals surface area contributed by atoms with E-state index in [4.69, 9.17) is 9.84 Å². The molecule has 10 nitrogen and oxygen atoms in total. The van der Waals surface area contributed by atoms with Gasteiger partial charge in [-0.25, -0.2) is 14.8 Å². The van der Waals surface area contributed by atoms with Crippen molar-refractivity contribution in [2.45, 2.75) is 39.5 Å². The van der Waals surface area contributed by atoms with E-state index in [1.54, 1.807) is 23.1 Å². The summed E-state index contributed by atoms with van der Waals surface area (Å²) in [7, 11) is 0. The minimum atomic E-state index is -2.97. The lowest BCUT2D eigenvalue weighted by molar-refractivity contribution is -0.0497. The molecule has 0 aliphatic carbocycles. The smallest absolute Gasteiger partial charge is 0.413 e. The van der Waals surface area contributed by atoms with E-state index < -0.39 is 18.2 Å². The molecule has 0 unspecified atom stereocenters. The first-order chi connectivity index (χ1) is 17.7. The highest BCUT2D eigenvalue weighted by Crippen LogP contribution is 2.32. The predicted octanol–water partition coefficient (Wildman–Crippen LogP) is 4.91. The topological polar surface area (TPSA) is 120 Å². The van der Waals surface area contributed by atoms with E-state index >= 15 is 0 Å². The van der Waals surface area contributed by atoms with Crippen molar-refractivity contribution in [1.82, 2.24) is 35.0 Å². The second-order valence-corrected chi connectivity index (χ2v) is 9.29. The number of fused-ring (bicyclic) bond motifs is 2. The zero-order valence-corrected chi connectivity index (χ0v) is 20.2. The van der Waals surface area contributed by atoms with Crippen molar-refractivity contribution >= 4 is 28.2 Å². The van der Waals surface area contributed by atoms with Crippen LogP contribution in [0.2, 0.25) is 0 Å². The van der Waals surface area contributed by atoms with Crippen LogP contribution in [0.3, 0.4) is 0 Å². The Bertz CT molecular complexity index is 1580. The van der Waals surface area contributed by atoms with Crippen molar-refractivity contribution in [2.75, 3.05) is 0 Å². The molecule has 5 aromatic rings. The summed E-state index contributed by atoms with van der Waals surface area (Å²) in [4.78, 5) is 28.4. The molecule has 37 heavy (non-hydrogen) atoms. The molecule has 0 saturated heterocycles. The van der Waals surface area contributed by atoms with Gasteiger partial charge in [0.25, 0.3) is 0 Å². The number of nitrogens with one attached hydrogen (secondary N) is 2. The molecule has 4 aromatic heterocycles. The van der Waals surface area contributed by atoms with Crippen molar-refractivity contribution in [3.63, 3.8) is 0 Å². The number of alkyl halides is 2. The Balaban J connectivity index is 1.58. The van der Waals surface area contributed by atoms with Crippen LogP contribution in [0.25, 0.3) is 33.5 Å². The van der Waals surface area contributed by atoms with Crippen molar-refractivity contribution in [3.8, 4) is 22.9 Å². The summed E-state index contributed by atoms with van der Waals surface area (Å²) in [6, 6.07) is 8.33. The number of amides is 1. The number of hydrogen-bond acceptors (Lipinski definition) is 7. The molecule has 1 aromatic carbocycles. The lowest BCUT2D eigenvalue weighted by Gasteiger charge is -2.19. The average Bonchev–Trinajstić information content (AvgIpc) is 3.39. The fourth-order valence-electron chi connectivity index (χ4n) is 3.80. The molecule has 190 valence electrons. The minimum absolute atomic E-state index is 0.0109. The van der Waals surface area contributed by atoms with Crippen LogP contribution in [0.4, 0.5) is 13.6 Å². The van der Waals surface area contributed by atoms with E-state index in [9.17, 15) is 13.6 Å². The Morgan fingerprint density at radius 2 is 2.05 bits per heavy atom. The molecule has 0 bridgehead atoms. The molecule has 0 saturated carbocycles. The van der Waals surface area contributed by atoms with Gasteiger partial charge in [0.15, 0.2) is 16.9 Å². The molecule has 0 fully saturated rings. The number of halogens is 2. The van der Waals surface area contributed by atoms with Crippen molar-refractivity contribution in [3.05, 3.63) is 60.7 Å². The number of nitrogens with zero attached hydrogens (tertiary/aromatic N) is 5. The molecule has 0 aliphatic heterocycles. The minimum Gasteiger partial charge on any atom is -0.435 e. The number of benzene rings is 1. The Kier molecular flexibility index (Phi) is 6.15. The van der Waals surface area contributed by atoms with Crippen LogP contribution in [0.5, 0.6) is 11.5 Å². The number of aromatic amines is 1. The Morgan fingerprint density at radius 3 is 2.78 bits per heavy atom. The van der Waals surface area contributed by atoms with Gasteiger partial charge in [0.2, 0.25) is 0 Å². The number of ether oxygens (including phenoxy) is 2. The van der Waals surface area contributed by atoms with Crippen LogP contribution in [-0.4, -0.2) is 48.0 Å². The van der Waals surface area contributed by atoms with Crippen molar-refractivity contribution < 1.29 is 23.0 Å². The molecule has 2 N–H and O–H groups in total. The maximum atomic E-state index is 12.9. The van der Waals surface area contributed by atoms with E-state index in [-0.39, 0.29) is 11.5 Å². The molecular weight excluding hydrogens is 484 g/mol. The van der Waals surface area contributed by atoms with Crippen LogP contribution in [0.1, 0.15) is 26.3 Å². The molecule has 0 aliphatic rings. The summed E-state index contributed by atoms with van der Waals surface area (Å²) in [6.07, 6.45) is 5.76. The second kappa shape index (κ2) is 9.45. The first-order valence-corrected chi connectivity index (χ1v) is 11.3. The van der Waals surface area contributed by atoms with Crippen LogP contribution in [-0.2, 0) is 6.54 Å². The number of rotatable bonds is 6. The summed E-state index contributed by atoms with van der Waals surface area (Å²) in [5, 5.41) is 7.98. The first kappa shape index (κ1) is 24.1. The maximum absolute atomic E-state index is 12.9. The molecular formula is C25H23F2N7O3. The van der Waals surface area contributed by atoms with Gasteiger partial charge in [-0.05, 0) is 50.6 Å². The molecule has 4 heterocycles. The zero-order valence-electron chi connectivity index (χ0n) is 20.2. The largest absolute Gasteiger partial charge is 0.435 e. The zero-order chi connectivity index (χ0) is 26.2. The Labute approximate surface area is 209 Å². The number of carbonyl (C=O) groups is 1. The second-order valence-electron chi connectivity index (χ2n) is 9.29. The standard InChI is InChI=1S/C25H23F2N7O3/c1-25(2,3)32-24(35)37-19-12-30-22-21(19)31-17(11-29-22)20-16-9-15(36-23(26)27)6-7-18(16)34(33-20)13-14-5-4-8-28-10-14/h4-12,23H,13H2,1-3H3,(H,29,30)(H,32,35). The highest BCUT2D eigenvalue weighted by atomic mass is 19.3. The number of H-pyrrole nitrogens is 1. The van der Waals surface area contributed by atoms with Crippen molar-refractivity contribution in [1.29, 1.82) is 0 Å². The highest BCUT2D eigenvalue weighted by Gasteiger charge is 2.21. The van der Waals surface area contributed by atoms with Crippen LogP contribution < -0.4 is 14.8 Å². The van der Waals surface area contributed by atoms with Crippen LogP contribution in [0, 0.1) is 0 Å². The molecule has 12 heteroatoms. The van der Waals surface area contributed by atoms with Gasteiger partial charge in [-0.3, -0.25) is 9.67 Å². The Hall–Kier alpha value is -4.61. The summed E-state index contributed by atoms with van der Waals surface area (Å²) >= 11 is 0. The summed E-state index contributed by atoms with van der Waals surface area (Å²) in [6.45, 7) is 2.92. The number of aromatic nitrogens is 6. The number of carbonyl (C=O) groups excluding carboxylic acids is 1. The van der Waals surface area contributed by atoms with Gasteiger partial charge in [0, 0.05) is 29.5 Å². The van der Waals surface area contributed by atoms with E-state index in [0.29, 0.717) is 40.0 Å². The third kappa shape index (κ3) is 5.32. The third-order valence-electron chi connectivity index (χ3n) is 5.27. The molecule has 0 radical (unpaired) electrons. The van der Waals surface area contributed by atoms with Gasteiger partial charge in [-0.2, -0.15) is 13.9 Å². The normalized spacial score (nSPS) is 11.8. The average molecular weight is 508 g/mol.